The minimum absolute atomic E-state index is 0.142. The number of phenols is 2. The van der Waals surface area contributed by atoms with Gasteiger partial charge in [0.2, 0.25) is 0 Å². The van der Waals surface area contributed by atoms with E-state index in [0.717, 1.165) is 11.1 Å². The maximum absolute atomic E-state index is 11.2. The van der Waals surface area contributed by atoms with Gasteiger partial charge in [-0.25, -0.2) is 0 Å². The normalized spacial score (nSPS) is 14.3. The quantitative estimate of drug-likeness (QED) is 0.207. The van der Waals surface area contributed by atoms with Gasteiger partial charge in [-0.05, 0) is 63.1 Å². The van der Waals surface area contributed by atoms with Gasteiger partial charge in [-0.3, -0.25) is 0 Å². The Morgan fingerprint density at radius 2 is 1.00 bits per heavy atom. The van der Waals surface area contributed by atoms with Crippen molar-refractivity contribution >= 4 is 0 Å². The van der Waals surface area contributed by atoms with E-state index in [1.165, 1.54) is 0 Å². The summed E-state index contributed by atoms with van der Waals surface area (Å²) in [6.07, 6.45) is -0.703. The first kappa shape index (κ1) is 35.0. The second-order valence-corrected chi connectivity index (χ2v) is 10.8. The van der Waals surface area contributed by atoms with Crippen molar-refractivity contribution in [2.75, 3.05) is 41.2 Å². The van der Waals surface area contributed by atoms with Crippen LogP contribution in [0, 0.1) is 0 Å². The highest BCUT2D eigenvalue weighted by Gasteiger charge is 2.28. The number of rotatable bonds is 19. The Labute approximate surface area is 245 Å². The summed E-state index contributed by atoms with van der Waals surface area (Å²) in [5.74, 6) is 0.284. The minimum Gasteiger partial charge on any atom is -0.507 e. The lowest BCUT2D eigenvalue weighted by molar-refractivity contribution is -0.134. The van der Waals surface area contributed by atoms with Crippen molar-refractivity contribution < 1.29 is 43.4 Å². The monoisotopic (exact) mass is 578 g/mol. The molecule has 0 radical (unpaired) electrons. The SMILES string of the molecule is CCOC(C)OCc1cc(C(C)(C)c2cc(COC(C)COC)c(O)c(COC(C)COC)c2)cc(COC)c1O. The second kappa shape index (κ2) is 17.0. The fourth-order valence-corrected chi connectivity index (χ4v) is 4.52. The van der Waals surface area contributed by atoms with E-state index in [1.807, 2.05) is 52.0 Å². The first-order valence-corrected chi connectivity index (χ1v) is 14.1. The summed E-state index contributed by atoms with van der Waals surface area (Å²) in [6, 6.07) is 7.84. The van der Waals surface area contributed by atoms with Gasteiger partial charge in [0.1, 0.15) is 11.5 Å². The van der Waals surface area contributed by atoms with Gasteiger partial charge in [-0.2, -0.15) is 0 Å². The molecule has 232 valence electrons. The van der Waals surface area contributed by atoms with Crippen LogP contribution in [0.5, 0.6) is 11.5 Å². The molecule has 0 aliphatic heterocycles. The van der Waals surface area contributed by atoms with E-state index in [4.69, 9.17) is 33.2 Å². The number of phenolic OH excluding ortho intramolecular Hbond substituents is 2. The van der Waals surface area contributed by atoms with Crippen LogP contribution < -0.4 is 0 Å². The summed E-state index contributed by atoms with van der Waals surface area (Å²) >= 11 is 0. The molecule has 0 aromatic heterocycles. The van der Waals surface area contributed by atoms with Crippen molar-refractivity contribution in [2.45, 2.75) is 91.9 Å². The summed E-state index contributed by atoms with van der Waals surface area (Å²) < 4.78 is 39.1. The van der Waals surface area contributed by atoms with Gasteiger partial charge in [0, 0.05) is 55.6 Å². The minimum atomic E-state index is -0.538. The van der Waals surface area contributed by atoms with Gasteiger partial charge in [-0.1, -0.05) is 13.8 Å². The van der Waals surface area contributed by atoms with Crippen LogP contribution in [0.2, 0.25) is 0 Å². The van der Waals surface area contributed by atoms with Crippen LogP contribution in [0.15, 0.2) is 24.3 Å². The lowest BCUT2D eigenvalue weighted by Crippen LogP contribution is -2.22. The van der Waals surface area contributed by atoms with Crippen molar-refractivity contribution in [3.63, 3.8) is 0 Å². The van der Waals surface area contributed by atoms with Crippen LogP contribution in [-0.4, -0.2) is 69.9 Å². The molecule has 9 heteroatoms. The first-order valence-electron chi connectivity index (χ1n) is 14.1. The average molecular weight is 579 g/mol. The van der Waals surface area contributed by atoms with Crippen molar-refractivity contribution in [3.05, 3.63) is 57.6 Å². The Morgan fingerprint density at radius 1 is 0.610 bits per heavy atom. The van der Waals surface area contributed by atoms with E-state index in [-0.39, 0.29) is 50.1 Å². The van der Waals surface area contributed by atoms with Crippen LogP contribution in [0.4, 0.5) is 0 Å². The van der Waals surface area contributed by atoms with E-state index in [9.17, 15) is 10.2 Å². The van der Waals surface area contributed by atoms with Gasteiger partial charge in [0.15, 0.2) is 6.29 Å². The molecule has 3 atom stereocenters. The Balaban J connectivity index is 2.56. The fourth-order valence-electron chi connectivity index (χ4n) is 4.52. The van der Waals surface area contributed by atoms with Gasteiger partial charge >= 0.3 is 0 Å². The highest BCUT2D eigenvalue weighted by molar-refractivity contribution is 5.52. The molecule has 2 aromatic carbocycles. The third-order valence-electron chi connectivity index (χ3n) is 7.00. The molecule has 0 aliphatic rings. The highest BCUT2D eigenvalue weighted by atomic mass is 16.7. The number of benzene rings is 2. The number of aromatic hydroxyl groups is 2. The first-order chi connectivity index (χ1) is 19.5. The molecule has 2 rings (SSSR count). The number of methoxy groups -OCH3 is 3. The highest BCUT2D eigenvalue weighted by Crippen LogP contribution is 2.39. The zero-order valence-corrected chi connectivity index (χ0v) is 26.2. The van der Waals surface area contributed by atoms with Crippen LogP contribution in [0.3, 0.4) is 0 Å². The predicted octanol–water partition coefficient (Wildman–Crippen LogP) is 5.57. The third kappa shape index (κ3) is 10.2. The Bertz CT molecular complexity index is 1030. The van der Waals surface area contributed by atoms with Gasteiger partial charge in [-0.15, -0.1) is 0 Å². The lowest BCUT2D eigenvalue weighted by Gasteiger charge is -2.30. The average Bonchev–Trinajstić information content (AvgIpc) is 2.92. The number of hydrogen-bond acceptors (Lipinski definition) is 9. The summed E-state index contributed by atoms with van der Waals surface area (Å²) in [7, 11) is 4.85. The molecule has 0 amide bonds. The number of hydrogen-bond donors (Lipinski definition) is 2. The molecule has 2 aromatic rings. The zero-order chi connectivity index (χ0) is 30.6. The van der Waals surface area contributed by atoms with Crippen LogP contribution >= 0.6 is 0 Å². The fraction of sp³-hybridized carbons (Fsp3) is 0.625. The van der Waals surface area contributed by atoms with Crippen LogP contribution in [0.25, 0.3) is 0 Å². The second-order valence-electron chi connectivity index (χ2n) is 10.8. The summed E-state index contributed by atoms with van der Waals surface area (Å²) in [5.41, 5.74) is 3.98. The van der Waals surface area contributed by atoms with E-state index in [2.05, 4.69) is 13.8 Å². The van der Waals surface area contributed by atoms with E-state index in [0.29, 0.717) is 42.1 Å². The summed E-state index contributed by atoms with van der Waals surface area (Å²) in [5, 5.41) is 22.2. The van der Waals surface area contributed by atoms with Crippen molar-refractivity contribution in [1.82, 2.24) is 0 Å². The topological polar surface area (TPSA) is 105 Å². The van der Waals surface area contributed by atoms with Crippen molar-refractivity contribution in [3.8, 4) is 11.5 Å². The van der Waals surface area contributed by atoms with Crippen molar-refractivity contribution in [1.29, 1.82) is 0 Å². The van der Waals surface area contributed by atoms with Gasteiger partial charge < -0.3 is 43.4 Å². The summed E-state index contributed by atoms with van der Waals surface area (Å²) in [4.78, 5) is 0. The molecule has 0 aliphatic carbocycles. The van der Waals surface area contributed by atoms with Crippen LogP contribution in [-0.2, 0) is 65.0 Å². The third-order valence-corrected chi connectivity index (χ3v) is 7.00. The molecule has 0 bridgehead atoms. The molecule has 0 spiro atoms. The molecular formula is C32H50O9. The molecule has 0 heterocycles. The molecule has 0 saturated carbocycles. The van der Waals surface area contributed by atoms with E-state index < -0.39 is 11.7 Å². The molecule has 2 N–H and O–H groups in total. The molecular weight excluding hydrogens is 528 g/mol. The molecule has 0 fully saturated rings. The summed E-state index contributed by atoms with van der Waals surface area (Å²) in [6.45, 7) is 14.0. The Kier molecular flexibility index (Phi) is 14.5. The van der Waals surface area contributed by atoms with E-state index in [1.54, 1.807) is 21.3 Å². The van der Waals surface area contributed by atoms with Crippen LogP contribution in [0.1, 0.15) is 74.9 Å². The molecule has 0 saturated heterocycles. The number of ether oxygens (including phenoxy) is 7. The van der Waals surface area contributed by atoms with Crippen molar-refractivity contribution in [2.24, 2.45) is 0 Å². The zero-order valence-electron chi connectivity index (χ0n) is 26.2. The standard InChI is InChI=1S/C32H50O9/c1-10-38-23(4)41-20-27-14-28(11-24(17-37-9)30(27)33)32(5,6)29-12-25(18-39-21(2)15-35-7)31(34)26(13-29)19-40-22(3)16-36-8/h11-14,21-23,33-34H,10,15-20H2,1-9H3. The predicted molar refractivity (Wildman–Crippen MR) is 157 cm³/mol. The molecule has 41 heavy (non-hydrogen) atoms. The van der Waals surface area contributed by atoms with Gasteiger partial charge in [0.05, 0.1) is 51.8 Å². The smallest absolute Gasteiger partial charge is 0.155 e. The lowest BCUT2D eigenvalue weighted by atomic mass is 9.76. The Hall–Kier alpha value is -2.24. The largest absolute Gasteiger partial charge is 0.507 e. The Morgan fingerprint density at radius 3 is 1.37 bits per heavy atom. The molecule has 9 nitrogen and oxygen atoms in total. The molecule has 3 unspecified atom stereocenters. The van der Waals surface area contributed by atoms with Gasteiger partial charge in [0.25, 0.3) is 0 Å². The maximum atomic E-state index is 11.2. The maximum Gasteiger partial charge on any atom is 0.155 e. The van der Waals surface area contributed by atoms with E-state index >= 15 is 0 Å².